The number of rotatable bonds is 2. The van der Waals surface area contributed by atoms with Crippen LogP contribution in [0.2, 0.25) is 0 Å². The molecule has 3 heterocycles. The molecule has 25 heavy (non-hydrogen) atoms. The van der Waals surface area contributed by atoms with E-state index in [1.165, 1.54) is 12.8 Å². The number of hydrogen-bond acceptors (Lipinski definition) is 5. The second-order valence-corrected chi connectivity index (χ2v) is 6.87. The number of aromatic amines is 1. The molecule has 1 aromatic carbocycles. The van der Waals surface area contributed by atoms with E-state index in [1.807, 2.05) is 30.3 Å². The number of carbonyl (C=O) groups is 1. The number of guanidine groups is 1. The van der Waals surface area contributed by atoms with Crippen LogP contribution >= 0.6 is 0 Å². The summed E-state index contributed by atoms with van der Waals surface area (Å²) in [7, 11) is 1.80. The topological polar surface area (TPSA) is 76.6 Å². The predicted octanol–water partition coefficient (Wildman–Crippen LogP) is 2.73. The van der Waals surface area contributed by atoms with Crippen LogP contribution in [-0.4, -0.2) is 46.1 Å². The second-order valence-electron chi connectivity index (χ2n) is 6.87. The number of amides is 1. The molecule has 0 spiro atoms. The molecule has 7 nitrogen and oxygen atoms in total. The lowest BCUT2D eigenvalue weighted by molar-refractivity contribution is 0.0866. The number of aliphatic imine (C=N–C) groups is 1. The molecule has 1 aliphatic carbocycles. The molecule has 128 valence electrons. The van der Waals surface area contributed by atoms with E-state index in [9.17, 15) is 4.79 Å². The first-order chi connectivity index (χ1) is 12.2. The number of anilines is 3. The Morgan fingerprint density at radius 3 is 2.84 bits per heavy atom. The van der Waals surface area contributed by atoms with Crippen molar-refractivity contribution >= 4 is 29.2 Å². The van der Waals surface area contributed by atoms with Crippen molar-refractivity contribution in [1.82, 2.24) is 15.1 Å². The number of carbonyl (C=O) groups excluding carboxylic acids is 1. The predicted molar refractivity (Wildman–Crippen MR) is 96.4 cm³/mol. The number of benzene rings is 1. The van der Waals surface area contributed by atoms with Crippen molar-refractivity contribution in [2.45, 2.75) is 37.8 Å². The Morgan fingerprint density at radius 2 is 2.00 bits per heavy atom. The monoisotopic (exact) mass is 336 g/mol. The summed E-state index contributed by atoms with van der Waals surface area (Å²) in [5.74, 6) is 2.01. The maximum Gasteiger partial charge on any atom is 0.267 e. The Hall–Kier alpha value is -2.83. The van der Waals surface area contributed by atoms with Gasteiger partial charge < -0.3 is 5.32 Å². The standard InChI is InChI=1S/C18H20N6O/c1-23-17(25)14-15(19-11-7-3-2-4-8-11)21-22-16(14)24-13-10-6-5-9-12(13)20-18(23)24/h2-4,7-8,12-13H,5-6,9-10H2,1H3,(H2,19,21,22)/t12-,13+/m1/s1. The Morgan fingerprint density at radius 1 is 1.20 bits per heavy atom. The van der Waals surface area contributed by atoms with Gasteiger partial charge in [0, 0.05) is 12.7 Å². The summed E-state index contributed by atoms with van der Waals surface area (Å²) < 4.78 is 0. The molecule has 1 amide bonds. The normalized spacial score (nSPS) is 24.5. The largest absolute Gasteiger partial charge is 0.340 e. The minimum absolute atomic E-state index is 0.0733. The molecule has 0 radical (unpaired) electrons. The van der Waals surface area contributed by atoms with Crippen molar-refractivity contribution < 1.29 is 4.79 Å². The van der Waals surface area contributed by atoms with Crippen LogP contribution in [0, 0.1) is 0 Å². The van der Waals surface area contributed by atoms with E-state index in [-0.39, 0.29) is 11.9 Å². The Labute approximate surface area is 145 Å². The van der Waals surface area contributed by atoms with Crippen LogP contribution in [0.15, 0.2) is 35.3 Å². The van der Waals surface area contributed by atoms with Gasteiger partial charge in [0.05, 0.1) is 12.1 Å². The Kier molecular flexibility index (Phi) is 3.10. The molecule has 0 unspecified atom stereocenters. The first kappa shape index (κ1) is 14.5. The van der Waals surface area contributed by atoms with Gasteiger partial charge in [-0.25, -0.2) is 4.99 Å². The van der Waals surface area contributed by atoms with E-state index >= 15 is 0 Å². The smallest absolute Gasteiger partial charge is 0.267 e. The van der Waals surface area contributed by atoms with Gasteiger partial charge in [-0.3, -0.25) is 19.7 Å². The molecule has 2 N–H and O–H groups in total. The lowest BCUT2D eigenvalue weighted by Crippen LogP contribution is -2.52. The zero-order chi connectivity index (χ0) is 17.0. The molecule has 1 saturated carbocycles. The van der Waals surface area contributed by atoms with Crippen molar-refractivity contribution in [1.29, 1.82) is 0 Å². The third-order valence-electron chi connectivity index (χ3n) is 5.36. The van der Waals surface area contributed by atoms with E-state index in [1.54, 1.807) is 11.9 Å². The van der Waals surface area contributed by atoms with Crippen molar-refractivity contribution in [3.05, 3.63) is 35.9 Å². The number of fused-ring (bicyclic) bond motifs is 5. The molecule has 1 fully saturated rings. The van der Waals surface area contributed by atoms with Gasteiger partial charge in [-0.15, -0.1) is 0 Å². The van der Waals surface area contributed by atoms with E-state index in [0.29, 0.717) is 23.2 Å². The average Bonchev–Trinajstić information content (AvgIpc) is 3.22. The van der Waals surface area contributed by atoms with E-state index < -0.39 is 0 Å². The lowest BCUT2D eigenvalue weighted by atomic mass is 9.90. The van der Waals surface area contributed by atoms with Gasteiger partial charge in [0.15, 0.2) is 5.82 Å². The Balaban J connectivity index is 1.57. The molecule has 7 heteroatoms. The van der Waals surface area contributed by atoms with E-state index in [2.05, 4.69) is 20.4 Å². The van der Waals surface area contributed by atoms with Gasteiger partial charge in [-0.2, -0.15) is 5.10 Å². The zero-order valence-corrected chi connectivity index (χ0v) is 14.1. The molecule has 2 aromatic rings. The fourth-order valence-electron chi connectivity index (χ4n) is 4.13. The van der Waals surface area contributed by atoms with Gasteiger partial charge in [-0.1, -0.05) is 31.0 Å². The second kappa shape index (κ2) is 5.34. The number of para-hydroxylation sites is 1. The van der Waals surface area contributed by atoms with Crippen LogP contribution in [0.3, 0.4) is 0 Å². The quantitative estimate of drug-likeness (QED) is 0.884. The number of nitrogens with one attached hydrogen (secondary N) is 2. The summed E-state index contributed by atoms with van der Waals surface area (Å²) in [5.41, 5.74) is 1.51. The van der Waals surface area contributed by atoms with Gasteiger partial charge in [0.25, 0.3) is 5.91 Å². The molecule has 1 aromatic heterocycles. The van der Waals surface area contributed by atoms with E-state index in [0.717, 1.165) is 24.5 Å². The number of hydrogen-bond donors (Lipinski definition) is 2. The number of aromatic nitrogens is 2. The number of H-pyrrole nitrogens is 1. The molecule has 2 atom stereocenters. The summed E-state index contributed by atoms with van der Waals surface area (Å²) in [6, 6.07) is 10.4. The third kappa shape index (κ3) is 2.08. The van der Waals surface area contributed by atoms with Crippen molar-refractivity contribution in [2.24, 2.45) is 4.99 Å². The van der Waals surface area contributed by atoms with Gasteiger partial charge >= 0.3 is 0 Å². The molecule has 0 bridgehead atoms. The maximum absolute atomic E-state index is 13.0. The summed E-state index contributed by atoms with van der Waals surface area (Å²) in [6.07, 6.45) is 4.58. The zero-order valence-electron chi connectivity index (χ0n) is 14.1. The van der Waals surface area contributed by atoms with Gasteiger partial charge in [0.1, 0.15) is 11.4 Å². The third-order valence-corrected chi connectivity index (χ3v) is 5.36. The first-order valence-corrected chi connectivity index (χ1v) is 8.79. The average molecular weight is 336 g/mol. The van der Waals surface area contributed by atoms with Crippen LogP contribution in [0.4, 0.5) is 17.3 Å². The minimum atomic E-state index is -0.0733. The van der Waals surface area contributed by atoms with Crippen molar-refractivity contribution in [2.75, 3.05) is 17.3 Å². The van der Waals surface area contributed by atoms with Gasteiger partial charge in [0.2, 0.25) is 5.96 Å². The molecular formula is C18H20N6O. The summed E-state index contributed by atoms with van der Waals surface area (Å²) in [6.45, 7) is 0. The number of nitrogens with zero attached hydrogens (tertiary/aromatic N) is 4. The highest BCUT2D eigenvalue weighted by Crippen LogP contribution is 2.40. The molecule has 5 rings (SSSR count). The van der Waals surface area contributed by atoms with Gasteiger partial charge in [-0.05, 0) is 25.0 Å². The molecule has 3 aliphatic rings. The molecule has 2 aliphatic heterocycles. The van der Waals surface area contributed by atoms with Crippen LogP contribution in [0.5, 0.6) is 0 Å². The van der Waals surface area contributed by atoms with E-state index in [4.69, 9.17) is 4.99 Å². The van der Waals surface area contributed by atoms with Crippen molar-refractivity contribution in [3.63, 3.8) is 0 Å². The highest BCUT2D eigenvalue weighted by molar-refractivity contribution is 6.21. The lowest BCUT2D eigenvalue weighted by Gasteiger charge is -2.36. The summed E-state index contributed by atoms with van der Waals surface area (Å²) in [5, 5.41) is 10.8. The SMILES string of the molecule is CN1C(=O)c2c(n[nH]c2Nc2ccccc2)N2C1=N[C@@H]1CCCC[C@@H]12. The van der Waals surface area contributed by atoms with Crippen LogP contribution in [-0.2, 0) is 0 Å². The highest BCUT2D eigenvalue weighted by atomic mass is 16.2. The van der Waals surface area contributed by atoms with Crippen LogP contribution in [0.25, 0.3) is 0 Å². The minimum Gasteiger partial charge on any atom is -0.340 e. The van der Waals surface area contributed by atoms with Crippen LogP contribution in [0.1, 0.15) is 36.0 Å². The maximum atomic E-state index is 13.0. The first-order valence-electron chi connectivity index (χ1n) is 8.79. The van der Waals surface area contributed by atoms with Crippen LogP contribution < -0.4 is 10.2 Å². The molecular weight excluding hydrogens is 316 g/mol. The summed E-state index contributed by atoms with van der Waals surface area (Å²) in [4.78, 5) is 21.6. The fraction of sp³-hybridized carbons (Fsp3) is 0.389. The molecule has 0 saturated heterocycles. The summed E-state index contributed by atoms with van der Waals surface area (Å²) >= 11 is 0. The Bertz CT molecular complexity index is 858. The fourth-order valence-corrected chi connectivity index (χ4v) is 4.13. The van der Waals surface area contributed by atoms with Crippen molar-refractivity contribution in [3.8, 4) is 0 Å². The highest BCUT2D eigenvalue weighted by Gasteiger charge is 2.47.